The van der Waals surface area contributed by atoms with Gasteiger partial charge in [-0.25, -0.2) is 4.98 Å². The molecular formula is C11H15N5O2. The highest BCUT2D eigenvalue weighted by molar-refractivity contribution is 5.95. The highest BCUT2D eigenvalue weighted by Crippen LogP contribution is 2.15. The van der Waals surface area contributed by atoms with E-state index in [4.69, 9.17) is 4.52 Å². The van der Waals surface area contributed by atoms with E-state index in [1.807, 2.05) is 6.92 Å². The summed E-state index contributed by atoms with van der Waals surface area (Å²) in [6, 6.07) is 0. The fourth-order valence-electron chi connectivity index (χ4n) is 1.72. The van der Waals surface area contributed by atoms with Crippen molar-refractivity contribution in [1.82, 2.24) is 25.2 Å². The zero-order valence-electron chi connectivity index (χ0n) is 10.8. The minimum absolute atomic E-state index is 0.145. The minimum Gasteiger partial charge on any atom is -0.361 e. The molecule has 2 heterocycles. The Kier molecular flexibility index (Phi) is 3.14. The molecule has 1 N–H and O–H groups in total. The molecule has 0 saturated heterocycles. The molecule has 2 rings (SSSR count). The van der Waals surface area contributed by atoms with Crippen LogP contribution in [0.15, 0.2) is 4.52 Å². The quantitative estimate of drug-likeness (QED) is 0.876. The normalized spacial score (nSPS) is 10.7. The Morgan fingerprint density at radius 3 is 2.61 bits per heavy atom. The van der Waals surface area contributed by atoms with Crippen molar-refractivity contribution in [3.63, 3.8) is 0 Å². The summed E-state index contributed by atoms with van der Waals surface area (Å²) in [4.78, 5) is 17.9. The van der Waals surface area contributed by atoms with Gasteiger partial charge < -0.3 is 9.42 Å². The van der Waals surface area contributed by atoms with Gasteiger partial charge in [-0.3, -0.25) is 9.89 Å². The molecule has 0 unspecified atom stereocenters. The number of H-pyrrole nitrogens is 1. The number of hydrogen-bond acceptors (Lipinski definition) is 5. The van der Waals surface area contributed by atoms with Gasteiger partial charge in [0.15, 0.2) is 5.82 Å². The first kappa shape index (κ1) is 12.3. The van der Waals surface area contributed by atoms with Gasteiger partial charge in [-0.05, 0) is 20.8 Å². The number of amides is 1. The molecule has 7 nitrogen and oxygen atoms in total. The number of nitrogens with zero attached hydrogens (tertiary/aromatic N) is 4. The van der Waals surface area contributed by atoms with E-state index >= 15 is 0 Å². The molecule has 18 heavy (non-hydrogen) atoms. The largest absolute Gasteiger partial charge is 0.361 e. The van der Waals surface area contributed by atoms with Crippen molar-refractivity contribution < 1.29 is 9.32 Å². The first-order chi connectivity index (χ1) is 8.49. The number of hydrogen-bond donors (Lipinski definition) is 1. The van der Waals surface area contributed by atoms with Crippen LogP contribution in [-0.4, -0.2) is 38.2 Å². The van der Waals surface area contributed by atoms with Crippen molar-refractivity contribution in [3.8, 4) is 0 Å². The van der Waals surface area contributed by atoms with Gasteiger partial charge >= 0.3 is 0 Å². The van der Waals surface area contributed by atoms with Crippen molar-refractivity contribution in [2.75, 3.05) is 7.05 Å². The summed E-state index contributed by atoms with van der Waals surface area (Å²) >= 11 is 0. The maximum absolute atomic E-state index is 12.2. The smallest absolute Gasteiger partial charge is 0.259 e. The summed E-state index contributed by atoms with van der Waals surface area (Å²) in [5, 5.41) is 10.5. The zero-order chi connectivity index (χ0) is 13.3. The average Bonchev–Trinajstić information content (AvgIpc) is 2.85. The van der Waals surface area contributed by atoms with Crippen molar-refractivity contribution >= 4 is 5.91 Å². The Bertz CT molecular complexity index is 552. The summed E-state index contributed by atoms with van der Waals surface area (Å²) < 4.78 is 4.99. The predicted molar refractivity (Wildman–Crippen MR) is 62.9 cm³/mol. The highest BCUT2D eigenvalue weighted by atomic mass is 16.5. The molecule has 0 aliphatic heterocycles. The second-order valence-corrected chi connectivity index (χ2v) is 4.20. The maximum atomic E-state index is 12.2. The Morgan fingerprint density at radius 2 is 2.11 bits per heavy atom. The second-order valence-electron chi connectivity index (χ2n) is 4.20. The first-order valence-corrected chi connectivity index (χ1v) is 5.55. The fourth-order valence-corrected chi connectivity index (χ4v) is 1.72. The van der Waals surface area contributed by atoms with E-state index in [2.05, 4.69) is 20.3 Å². The van der Waals surface area contributed by atoms with Gasteiger partial charge in [0.1, 0.15) is 17.1 Å². The summed E-state index contributed by atoms with van der Waals surface area (Å²) in [5.74, 6) is 1.68. The van der Waals surface area contributed by atoms with Crippen molar-refractivity contribution in [3.05, 3.63) is 28.7 Å². The molecule has 2 aromatic rings. The van der Waals surface area contributed by atoms with Gasteiger partial charge in [-0.2, -0.15) is 5.10 Å². The number of rotatable bonds is 3. The first-order valence-electron chi connectivity index (χ1n) is 5.55. The fraction of sp³-hybridized carbons (Fsp3) is 0.455. The number of aromatic amines is 1. The number of nitrogens with one attached hydrogen (secondary N) is 1. The van der Waals surface area contributed by atoms with Crippen LogP contribution in [-0.2, 0) is 6.54 Å². The van der Waals surface area contributed by atoms with Crippen LogP contribution in [0.2, 0.25) is 0 Å². The average molecular weight is 249 g/mol. The van der Waals surface area contributed by atoms with E-state index in [9.17, 15) is 4.79 Å². The molecule has 0 aliphatic carbocycles. The van der Waals surface area contributed by atoms with Gasteiger partial charge in [0.25, 0.3) is 5.91 Å². The SMILES string of the molecule is Cc1nc(CN(C)C(=O)c2c(C)noc2C)n[nH]1. The predicted octanol–water partition coefficient (Wildman–Crippen LogP) is 0.990. The number of carbonyl (C=O) groups is 1. The van der Waals surface area contributed by atoms with Gasteiger partial charge in [0.2, 0.25) is 0 Å². The second kappa shape index (κ2) is 4.59. The number of aromatic nitrogens is 4. The van der Waals surface area contributed by atoms with Crippen LogP contribution < -0.4 is 0 Å². The number of carbonyl (C=O) groups excluding carboxylic acids is 1. The van der Waals surface area contributed by atoms with Crippen LogP contribution in [0.25, 0.3) is 0 Å². The molecular weight excluding hydrogens is 234 g/mol. The van der Waals surface area contributed by atoms with Crippen LogP contribution in [0.4, 0.5) is 0 Å². The van der Waals surface area contributed by atoms with Crippen molar-refractivity contribution in [1.29, 1.82) is 0 Å². The third-order valence-electron chi connectivity index (χ3n) is 2.62. The molecule has 0 radical (unpaired) electrons. The van der Waals surface area contributed by atoms with Crippen molar-refractivity contribution in [2.24, 2.45) is 0 Å². The molecule has 0 fully saturated rings. The van der Waals surface area contributed by atoms with E-state index in [1.54, 1.807) is 20.9 Å². The zero-order valence-corrected chi connectivity index (χ0v) is 10.8. The monoisotopic (exact) mass is 249 g/mol. The van der Waals surface area contributed by atoms with Gasteiger partial charge in [0.05, 0.1) is 12.2 Å². The lowest BCUT2D eigenvalue weighted by Gasteiger charge is -2.14. The lowest BCUT2D eigenvalue weighted by Crippen LogP contribution is -2.27. The minimum atomic E-state index is -0.145. The maximum Gasteiger partial charge on any atom is 0.259 e. The molecule has 0 aliphatic rings. The Balaban J connectivity index is 2.14. The standard InChI is InChI=1S/C11H15N5O2/c1-6-10(7(2)18-15-6)11(17)16(4)5-9-12-8(3)13-14-9/h5H2,1-4H3,(H,12,13,14). The highest BCUT2D eigenvalue weighted by Gasteiger charge is 2.21. The molecule has 0 atom stereocenters. The molecule has 2 aromatic heterocycles. The van der Waals surface area contributed by atoms with Crippen LogP contribution in [0.5, 0.6) is 0 Å². The lowest BCUT2D eigenvalue weighted by atomic mass is 10.2. The Hall–Kier alpha value is -2.18. The van der Waals surface area contributed by atoms with Crippen LogP contribution >= 0.6 is 0 Å². The molecule has 96 valence electrons. The summed E-state index contributed by atoms with van der Waals surface area (Å²) in [7, 11) is 1.69. The van der Waals surface area contributed by atoms with Crippen LogP contribution in [0.1, 0.15) is 33.5 Å². The van der Waals surface area contributed by atoms with E-state index in [0.29, 0.717) is 29.4 Å². The third-order valence-corrected chi connectivity index (χ3v) is 2.62. The third kappa shape index (κ3) is 2.24. The van der Waals surface area contributed by atoms with E-state index in [1.165, 1.54) is 4.90 Å². The van der Waals surface area contributed by atoms with Gasteiger partial charge in [0, 0.05) is 7.05 Å². The lowest BCUT2D eigenvalue weighted by molar-refractivity contribution is 0.0779. The summed E-state index contributed by atoms with van der Waals surface area (Å²) in [6.07, 6.45) is 0. The molecule has 7 heteroatoms. The molecule has 0 saturated carbocycles. The van der Waals surface area contributed by atoms with E-state index in [-0.39, 0.29) is 5.91 Å². The summed E-state index contributed by atoms with van der Waals surface area (Å²) in [5.41, 5.74) is 1.10. The summed E-state index contributed by atoms with van der Waals surface area (Å²) in [6.45, 7) is 5.62. The van der Waals surface area contributed by atoms with E-state index in [0.717, 1.165) is 5.82 Å². The molecule has 1 amide bonds. The topological polar surface area (TPSA) is 87.9 Å². The van der Waals surface area contributed by atoms with Crippen molar-refractivity contribution in [2.45, 2.75) is 27.3 Å². The molecule has 0 aromatic carbocycles. The number of aryl methyl sites for hydroxylation is 3. The van der Waals surface area contributed by atoms with Crippen LogP contribution in [0.3, 0.4) is 0 Å². The van der Waals surface area contributed by atoms with E-state index < -0.39 is 0 Å². The molecule has 0 bridgehead atoms. The van der Waals surface area contributed by atoms with Gasteiger partial charge in [-0.1, -0.05) is 5.16 Å². The Morgan fingerprint density at radius 1 is 1.39 bits per heavy atom. The Labute approximate surface area is 104 Å². The molecule has 0 spiro atoms. The van der Waals surface area contributed by atoms with Gasteiger partial charge in [-0.15, -0.1) is 0 Å². The van der Waals surface area contributed by atoms with Crippen LogP contribution in [0, 0.1) is 20.8 Å².